The van der Waals surface area contributed by atoms with Crippen LogP contribution in [0.2, 0.25) is 0 Å². The molecule has 4 atom stereocenters. The summed E-state index contributed by atoms with van der Waals surface area (Å²) in [7, 11) is 0. The van der Waals surface area contributed by atoms with Gasteiger partial charge in [-0.15, -0.1) is 0 Å². The normalized spacial score (nSPS) is 18.6. The average molecular weight is 1130 g/mol. The second-order valence-corrected chi connectivity index (χ2v) is 22.1. The molecule has 4 aromatic carbocycles. The summed E-state index contributed by atoms with van der Waals surface area (Å²) in [6.45, 7) is 8.97. The van der Waals surface area contributed by atoms with Crippen molar-refractivity contribution in [2.45, 2.75) is 154 Å². The molecule has 5 aliphatic rings. The molecule has 388 valence electrons. The fourth-order valence-corrected chi connectivity index (χ4v) is 13.8. The highest BCUT2D eigenvalue weighted by Gasteiger charge is 2.41. The fourth-order valence-electron chi connectivity index (χ4n) is 12.4. The molecule has 2 aromatic heterocycles. The third-order valence-electron chi connectivity index (χ3n) is 16.0. The van der Waals surface area contributed by atoms with E-state index in [9.17, 15) is 0 Å². The van der Waals surface area contributed by atoms with E-state index in [0.29, 0.717) is 0 Å². The van der Waals surface area contributed by atoms with Crippen LogP contribution in [0.4, 0.5) is 0 Å². The molecule has 74 heavy (non-hydrogen) atoms. The highest BCUT2D eigenvalue weighted by atomic mass is 79.9. The van der Waals surface area contributed by atoms with E-state index in [1.165, 1.54) is 0 Å². The lowest BCUT2D eigenvalue weighted by Gasteiger charge is -2.37. The third kappa shape index (κ3) is 9.38. The van der Waals surface area contributed by atoms with Crippen molar-refractivity contribution < 1.29 is 37.9 Å². The van der Waals surface area contributed by atoms with Crippen LogP contribution in [0.3, 0.4) is 0 Å². The van der Waals surface area contributed by atoms with Crippen molar-refractivity contribution in [1.82, 2.24) is 9.97 Å². The Morgan fingerprint density at radius 1 is 0.351 bits per heavy atom. The van der Waals surface area contributed by atoms with E-state index < -0.39 is 0 Å². The summed E-state index contributed by atoms with van der Waals surface area (Å²) in [6.07, 6.45) is 23.6. The van der Waals surface area contributed by atoms with Crippen LogP contribution in [-0.2, 0) is 0 Å². The van der Waals surface area contributed by atoms with Gasteiger partial charge < -0.3 is 37.9 Å². The predicted molar refractivity (Wildman–Crippen MR) is 296 cm³/mol. The Kier molecular flexibility index (Phi) is 15.6. The van der Waals surface area contributed by atoms with Gasteiger partial charge >= 0.3 is 0 Å². The Hall–Kier alpha value is -5.46. The van der Waals surface area contributed by atoms with E-state index in [1.807, 2.05) is 24.8 Å². The number of halogens is 2. The van der Waals surface area contributed by atoms with Crippen LogP contribution in [0.15, 0.2) is 82.3 Å². The van der Waals surface area contributed by atoms with Crippen molar-refractivity contribution in [2.75, 3.05) is 27.2 Å². The molecule has 11 rings (SSSR count). The molecular formula is C62H68Br2N2O8. The van der Waals surface area contributed by atoms with Crippen LogP contribution in [0.25, 0.3) is 22.3 Å². The van der Waals surface area contributed by atoms with Crippen molar-refractivity contribution in [3.05, 3.63) is 127 Å². The number of hydrogen-bond acceptors (Lipinski definition) is 10. The Bertz CT molecular complexity index is 2640. The molecule has 6 aromatic rings. The molecule has 6 heterocycles. The molecule has 0 spiro atoms. The van der Waals surface area contributed by atoms with Crippen LogP contribution < -0.4 is 37.9 Å². The average Bonchev–Trinajstić information content (AvgIpc) is 3.41. The van der Waals surface area contributed by atoms with E-state index in [0.717, 1.165) is 224 Å². The van der Waals surface area contributed by atoms with Gasteiger partial charge in [-0.2, -0.15) is 0 Å². The molecule has 0 saturated carbocycles. The first-order valence-corrected chi connectivity index (χ1v) is 29.0. The van der Waals surface area contributed by atoms with Gasteiger partial charge in [0.1, 0.15) is 54.9 Å². The van der Waals surface area contributed by atoms with Gasteiger partial charge in [0.15, 0.2) is 0 Å². The highest BCUT2D eigenvalue weighted by molar-refractivity contribution is 9.11. The van der Waals surface area contributed by atoms with E-state index in [4.69, 9.17) is 37.9 Å². The Balaban J connectivity index is 1.33. The molecule has 4 aliphatic heterocycles. The van der Waals surface area contributed by atoms with Gasteiger partial charge in [0, 0.05) is 93.0 Å². The molecule has 0 N–H and O–H groups in total. The summed E-state index contributed by atoms with van der Waals surface area (Å²) < 4.78 is 57.4. The summed E-state index contributed by atoms with van der Waals surface area (Å²) in [4.78, 5) is 8.98. The van der Waals surface area contributed by atoms with Crippen LogP contribution in [0.5, 0.6) is 46.0 Å². The molecule has 0 amide bonds. The number of pyridine rings is 2. The van der Waals surface area contributed by atoms with Crippen LogP contribution in [-0.4, -0.2) is 37.1 Å². The maximum Gasteiger partial charge on any atom is 0.231 e. The Labute approximate surface area is 453 Å². The van der Waals surface area contributed by atoms with Crippen molar-refractivity contribution in [3.8, 4) is 68.2 Å². The minimum atomic E-state index is -0.132. The van der Waals surface area contributed by atoms with E-state index >= 15 is 0 Å². The first-order valence-electron chi connectivity index (χ1n) is 27.4. The lowest BCUT2D eigenvalue weighted by atomic mass is 9.74. The lowest BCUT2D eigenvalue weighted by Crippen LogP contribution is -2.24. The lowest BCUT2D eigenvalue weighted by molar-refractivity contribution is 0.0980. The number of benzene rings is 4. The monoisotopic (exact) mass is 1130 g/mol. The van der Waals surface area contributed by atoms with Gasteiger partial charge in [-0.1, -0.05) is 105 Å². The van der Waals surface area contributed by atoms with Crippen LogP contribution in [0.1, 0.15) is 199 Å². The zero-order valence-electron chi connectivity index (χ0n) is 43.3. The summed E-state index contributed by atoms with van der Waals surface area (Å²) in [6, 6.07) is 18.0. The second-order valence-electron chi connectivity index (χ2n) is 20.5. The Morgan fingerprint density at radius 2 is 0.581 bits per heavy atom. The van der Waals surface area contributed by atoms with Gasteiger partial charge in [0.25, 0.3) is 0 Å². The molecule has 0 fully saturated rings. The number of ether oxygens (including phenoxy) is 8. The van der Waals surface area contributed by atoms with Crippen molar-refractivity contribution in [3.63, 3.8) is 0 Å². The summed E-state index contributed by atoms with van der Waals surface area (Å²) in [5.41, 5.74) is 12.6. The molecule has 12 heteroatoms. The zero-order valence-corrected chi connectivity index (χ0v) is 46.5. The maximum atomic E-state index is 7.05. The van der Waals surface area contributed by atoms with Crippen molar-refractivity contribution in [1.29, 1.82) is 0 Å². The summed E-state index contributed by atoms with van der Waals surface area (Å²) in [5, 5.41) is 0. The largest absolute Gasteiger partial charge is 0.456 e. The minimum absolute atomic E-state index is 0.0333. The van der Waals surface area contributed by atoms with Crippen LogP contribution >= 0.6 is 31.9 Å². The van der Waals surface area contributed by atoms with E-state index in [2.05, 4.69) is 118 Å². The van der Waals surface area contributed by atoms with E-state index in [-0.39, 0.29) is 50.8 Å². The zero-order chi connectivity index (χ0) is 50.7. The third-order valence-corrected chi connectivity index (χ3v) is 17.4. The standard InChI is InChI=1S/C62H68Br2N2O8/c1-5-9-13-17-39-43-29-44-40(18-14-10-6-2)49-32-50-42(20-16-12-8-4)46-30-45-41(19-15-11-7-3)48-31-47(39)59-53(63)60(48)72-35-69-57(45)52(38-23-27-66-28-24-38)58(46)70-36-74-62(50)54(64)61(49)73-34-68-56(44)51(55(43)67-33-71-59)37-21-25-65-26-22-37/h21-32,39-42H,5-20,33-36H2,1-4H3. The number of aromatic nitrogens is 2. The first-order chi connectivity index (χ1) is 36.4. The first kappa shape index (κ1) is 50.7. The van der Waals surface area contributed by atoms with Gasteiger partial charge in [-0.3, -0.25) is 9.97 Å². The molecule has 1 aliphatic carbocycles. The van der Waals surface area contributed by atoms with Gasteiger partial charge in [0.05, 0.1) is 11.1 Å². The molecule has 0 saturated heterocycles. The summed E-state index contributed by atoms with van der Waals surface area (Å²) in [5.74, 6) is 5.45. The predicted octanol–water partition coefficient (Wildman–Crippen LogP) is 17.4. The number of rotatable bonds is 18. The SMILES string of the molecule is CCCCCC1c2cc3c4c(Br)c2OCOc2c1cc1c(c2-c2ccncc2)OCOc2c(cc5c(c2Br)OCOc2c(cc(c(c2-c2ccncc2)OCO4)C3CCCCC)C5CCCCC)C1CCCCC. The molecule has 10 nitrogen and oxygen atoms in total. The van der Waals surface area contributed by atoms with Gasteiger partial charge in [-0.25, -0.2) is 0 Å². The highest BCUT2D eigenvalue weighted by Crippen LogP contribution is 2.61. The molecule has 0 radical (unpaired) electrons. The van der Waals surface area contributed by atoms with Crippen molar-refractivity contribution >= 4 is 31.9 Å². The summed E-state index contributed by atoms with van der Waals surface area (Å²) >= 11 is 8.37. The van der Waals surface area contributed by atoms with Gasteiger partial charge in [-0.05, 0) is 117 Å². The van der Waals surface area contributed by atoms with Crippen molar-refractivity contribution in [2.24, 2.45) is 0 Å². The van der Waals surface area contributed by atoms with E-state index in [1.54, 1.807) is 0 Å². The number of unbranched alkanes of at least 4 members (excludes halogenated alkanes) is 8. The fraction of sp³-hybridized carbons (Fsp3) is 0.452. The topological polar surface area (TPSA) is 99.6 Å². The maximum absolute atomic E-state index is 7.05. The molecule has 8 bridgehead atoms. The van der Waals surface area contributed by atoms with Gasteiger partial charge in [0.2, 0.25) is 27.2 Å². The number of hydrogen-bond donors (Lipinski definition) is 0. The van der Waals surface area contributed by atoms with Crippen LogP contribution in [0, 0.1) is 0 Å². The molecule has 4 unspecified atom stereocenters. The second kappa shape index (κ2) is 22.8. The minimum Gasteiger partial charge on any atom is -0.456 e. The smallest absolute Gasteiger partial charge is 0.231 e. The quantitative estimate of drug-likeness (QED) is 0.0774. The Morgan fingerprint density at radius 3 is 0.824 bits per heavy atom. The number of nitrogens with zero attached hydrogens (tertiary/aromatic N) is 2. The molecular weight excluding hydrogens is 1060 g/mol.